The minimum atomic E-state index is -0.379. The minimum Gasteiger partial charge on any atom is -0.510 e. The van der Waals surface area contributed by atoms with Crippen molar-refractivity contribution in [2.45, 2.75) is 45.4 Å². The van der Waals surface area contributed by atoms with Crippen LogP contribution in [0.4, 0.5) is 34.1 Å². The van der Waals surface area contributed by atoms with Gasteiger partial charge in [-0.05, 0) is 126 Å². The predicted molar refractivity (Wildman–Crippen MR) is 356 cm³/mol. The van der Waals surface area contributed by atoms with Crippen LogP contribution in [0.5, 0.6) is 11.5 Å². The van der Waals surface area contributed by atoms with Gasteiger partial charge in [-0.25, -0.2) is 4.98 Å². The Morgan fingerprint density at radius 1 is 0.545 bits per heavy atom. The molecule has 0 radical (unpaired) electrons. The van der Waals surface area contributed by atoms with Crippen LogP contribution < -0.4 is 35.5 Å². The number of pyridine rings is 1. The summed E-state index contributed by atoms with van der Waals surface area (Å²) in [5.41, 5.74) is 23.9. The Morgan fingerprint density at radius 3 is 1.78 bits per heavy atom. The van der Waals surface area contributed by atoms with Gasteiger partial charge >= 0.3 is 0 Å². The van der Waals surface area contributed by atoms with Gasteiger partial charge < -0.3 is 23.7 Å². The zero-order valence-corrected chi connectivity index (χ0v) is 51.5. The van der Waals surface area contributed by atoms with E-state index in [2.05, 4.69) is 325 Å². The first-order valence-electron chi connectivity index (χ1n) is 30.0. The monoisotopic (exact) mass is 1310 g/mol. The van der Waals surface area contributed by atoms with Crippen LogP contribution in [0.1, 0.15) is 51.3 Å². The molecule has 7 nitrogen and oxygen atoms in total. The van der Waals surface area contributed by atoms with E-state index in [1.54, 1.807) is 0 Å². The number of benzene rings is 11. The molecule has 0 fully saturated rings. The van der Waals surface area contributed by atoms with E-state index in [4.69, 9.17) is 9.72 Å². The van der Waals surface area contributed by atoms with E-state index in [1.807, 2.05) is 6.20 Å². The fourth-order valence-corrected chi connectivity index (χ4v) is 14.3. The summed E-state index contributed by atoms with van der Waals surface area (Å²) in [4.78, 5) is 10.2. The van der Waals surface area contributed by atoms with Gasteiger partial charge in [0.25, 0.3) is 13.0 Å². The normalized spacial score (nSPS) is 13.4. The smallest absolute Gasteiger partial charge is 0.268 e. The van der Waals surface area contributed by atoms with E-state index in [0.29, 0.717) is 11.5 Å². The third-order valence-electron chi connectivity index (χ3n) is 18.3. The van der Waals surface area contributed by atoms with Crippen LogP contribution >= 0.6 is 0 Å². The van der Waals surface area contributed by atoms with Gasteiger partial charge in [-0.3, -0.25) is 4.57 Å². The van der Waals surface area contributed by atoms with Crippen molar-refractivity contribution in [3.63, 3.8) is 0 Å². The number of para-hydroxylation sites is 6. The first-order valence-corrected chi connectivity index (χ1v) is 30.0. The molecule has 3 aliphatic heterocycles. The largest absolute Gasteiger partial charge is 0.510 e. The molecule has 17 rings (SSSR count). The molecule has 3 aromatic heterocycles. The second kappa shape index (κ2) is 20.3. The number of fused-ring (bicyclic) bond motifs is 10. The maximum absolute atomic E-state index is 7.16. The second-order valence-corrected chi connectivity index (χ2v) is 24.7. The van der Waals surface area contributed by atoms with Gasteiger partial charge in [-0.2, -0.15) is 12.1 Å². The molecule has 9 heteroatoms. The summed E-state index contributed by atoms with van der Waals surface area (Å²) in [6.45, 7) is 11.4. The number of anilines is 6. The average Bonchev–Trinajstić information content (AvgIpc) is 1.31. The number of rotatable bonds is 8. The Balaban J connectivity index is 0.00000624. The van der Waals surface area contributed by atoms with E-state index in [-0.39, 0.29) is 38.6 Å². The fraction of sp³-hybridized carbons (Fsp3) is 0.0886. The molecule has 424 valence electrons. The van der Waals surface area contributed by atoms with Gasteiger partial charge in [-0.1, -0.05) is 215 Å². The zero-order valence-electron chi connectivity index (χ0n) is 49.2. The Kier molecular flexibility index (Phi) is 12.3. The molecular weight excluding hydrogens is 1250 g/mol. The summed E-state index contributed by atoms with van der Waals surface area (Å²) in [6, 6.07) is 97.4. The van der Waals surface area contributed by atoms with Gasteiger partial charge in [-0.15, -0.1) is 29.8 Å². The van der Waals surface area contributed by atoms with Crippen molar-refractivity contribution in [3.8, 4) is 50.9 Å². The molecule has 0 spiro atoms. The van der Waals surface area contributed by atoms with Crippen LogP contribution in [0.3, 0.4) is 0 Å². The van der Waals surface area contributed by atoms with Crippen molar-refractivity contribution in [1.82, 2.24) is 14.1 Å². The van der Waals surface area contributed by atoms with Crippen LogP contribution in [0.15, 0.2) is 255 Å². The molecule has 0 atom stereocenters. The van der Waals surface area contributed by atoms with Crippen LogP contribution in [0.25, 0.3) is 72.3 Å². The Morgan fingerprint density at radius 2 is 1.12 bits per heavy atom. The van der Waals surface area contributed by atoms with E-state index < -0.39 is 0 Å². The maximum Gasteiger partial charge on any atom is 0.268 e. The van der Waals surface area contributed by atoms with Crippen molar-refractivity contribution < 1.29 is 30.4 Å². The molecule has 0 N–H and O–H groups in total. The molecule has 0 saturated heterocycles. The van der Waals surface area contributed by atoms with E-state index in [1.165, 1.54) is 27.5 Å². The van der Waals surface area contributed by atoms with Gasteiger partial charge in [0.1, 0.15) is 5.82 Å². The first-order chi connectivity index (χ1) is 42.6. The summed E-state index contributed by atoms with van der Waals surface area (Å²) < 4.78 is 14.0. The fourth-order valence-electron chi connectivity index (χ4n) is 14.3. The number of imidazole rings is 1. The van der Waals surface area contributed by atoms with Gasteiger partial charge in [0.2, 0.25) is 0 Å². The number of nitrogens with zero attached hydrogens (tertiary/aromatic N) is 6. The maximum atomic E-state index is 7.16. The number of aromatic nitrogens is 4. The first kappa shape index (κ1) is 53.5. The van der Waals surface area contributed by atoms with Crippen LogP contribution in [0, 0.1) is 18.5 Å². The summed E-state index contributed by atoms with van der Waals surface area (Å²) in [6.07, 6.45) is 5.89. The van der Waals surface area contributed by atoms with Gasteiger partial charge in [0.15, 0.2) is 0 Å². The molecule has 88 heavy (non-hydrogen) atoms. The molecule has 11 aromatic carbocycles. The Bertz CT molecular complexity index is 5040. The number of ether oxygens (including phenoxy) is 1. The molecule has 3 aliphatic rings. The molecular formula is C79H57BN6OPt-2. The second-order valence-electron chi connectivity index (χ2n) is 24.7. The summed E-state index contributed by atoms with van der Waals surface area (Å²) in [5.74, 6) is 1.93. The van der Waals surface area contributed by atoms with Crippen molar-refractivity contribution in [2.75, 3.05) is 9.80 Å². The molecule has 0 bridgehead atoms. The summed E-state index contributed by atoms with van der Waals surface area (Å²) in [5, 5.41) is 2.14. The van der Waals surface area contributed by atoms with Crippen molar-refractivity contribution in [2.24, 2.45) is 0 Å². The van der Waals surface area contributed by atoms with E-state index in [0.717, 1.165) is 112 Å². The zero-order chi connectivity index (χ0) is 58.3. The third-order valence-corrected chi connectivity index (χ3v) is 18.3. The van der Waals surface area contributed by atoms with Crippen molar-refractivity contribution in [1.29, 1.82) is 0 Å². The minimum absolute atomic E-state index is 0. The standard InChI is InChI=1S/C79H57BN6O.Pt/c1-78(2,3)53-44-45-81-72(46-53)86-68-47-56(87-57-41-43-61-69(48-57)83-50-82(67-39-23-34-62(76(67)83)79(61,4)5)75-58(51-24-10-6-11-25-51)32-22-33-59(75)52-26-12-7-13-27-52)40-42-60(68)73-70(86)49-71-74-77(73)85(55-30-16-9-17-31-55)66-38-21-19-36-64(66)80(74)63-35-18-20-37-65(63)84(71)54-28-14-8-15-29-54;/h6-46,49H,1-5H3;/q-2;. The van der Waals surface area contributed by atoms with Gasteiger partial charge in [0.05, 0.1) is 16.7 Å². The van der Waals surface area contributed by atoms with Gasteiger partial charge in [0, 0.05) is 78.4 Å². The van der Waals surface area contributed by atoms with Crippen LogP contribution in [0.2, 0.25) is 0 Å². The molecule has 0 aliphatic carbocycles. The number of hydrogen-bond donors (Lipinski definition) is 0. The van der Waals surface area contributed by atoms with Crippen LogP contribution in [-0.4, -0.2) is 20.8 Å². The third kappa shape index (κ3) is 8.08. The molecule has 0 saturated carbocycles. The predicted octanol–water partition coefficient (Wildman–Crippen LogP) is 16.9. The van der Waals surface area contributed by atoms with Crippen molar-refractivity contribution >= 4 is 90.1 Å². The average molecular weight is 1310 g/mol. The van der Waals surface area contributed by atoms with Crippen molar-refractivity contribution in [3.05, 3.63) is 290 Å². The number of hydrogen-bond acceptors (Lipinski definition) is 4. The summed E-state index contributed by atoms with van der Waals surface area (Å²) >= 11 is 0. The summed E-state index contributed by atoms with van der Waals surface area (Å²) in [7, 11) is 0. The Hall–Kier alpha value is -10.0. The molecule has 6 heterocycles. The topological polar surface area (TPSA) is 42.3 Å². The van der Waals surface area contributed by atoms with E-state index >= 15 is 0 Å². The molecule has 14 aromatic rings. The van der Waals surface area contributed by atoms with E-state index in [9.17, 15) is 0 Å². The molecule has 0 amide bonds. The SMILES string of the molecule is CC(C)(C)c1ccnc(-n2c3[c-]c(Oc4[c-]c5c(cc4)C(C)(C)c4cccc6c4n-5[c-][n+]6-c4c(-c5ccccc5)cccc4-c4ccccc4)ccc3c3c4c5c(cc32)N(c2ccccc2)c2ccccc2B5c2ccccc2N4c2ccccc2)c1.[Pt]. The quantitative estimate of drug-likeness (QED) is 0.0864. The Labute approximate surface area is 527 Å². The molecule has 0 unspecified atom stereocenters. The van der Waals surface area contributed by atoms with Crippen LogP contribution in [-0.2, 0) is 31.9 Å².